The summed E-state index contributed by atoms with van der Waals surface area (Å²) in [4.78, 5) is 2.32. The lowest BCUT2D eigenvalue weighted by Crippen LogP contribution is -2.10. The van der Waals surface area contributed by atoms with Gasteiger partial charge in [-0.3, -0.25) is 0 Å². The molecule has 0 unspecified atom stereocenters. The van der Waals surface area contributed by atoms with Gasteiger partial charge < -0.3 is 18.5 Å². The van der Waals surface area contributed by atoms with E-state index in [0.717, 1.165) is 50.3 Å². The Bertz CT molecular complexity index is 3080. The molecule has 0 aliphatic heterocycles. The Morgan fingerprint density at radius 1 is 0.423 bits per heavy atom. The normalized spacial score (nSPS) is 11.7. The second-order valence-corrected chi connectivity index (χ2v) is 13.2. The predicted molar refractivity (Wildman–Crippen MR) is 215 cm³/mol. The fourth-order valence-electron chi connectivity index (χ4n) is 8.12. The first-order chi connectivity index (χ1) is 25.8. The molecule has 11 aromatic rings. The largest absolute Gasteiger partial charge is 0.445 e. The van der Waals surface area contributed by atoms with Crippen molar-refractivity contribution in [2.45, 2.75) is 0 Å². The summed E-state index contributed by atoms with van der Waals surface area (Å²) in [5, 5.41) is 6.99. The maximum atomic E-state index is 6.58. The van der Waals surface area contributed by atoms with Gasteiger partial charge in [0.05, 0.1) is 27.8 Å². The van der Waals surface area contributed by atoms with Crippen LogP contribution in [0.5, 0.6) is 0 Å². The zero-order chi connectivity index (χ0) is 34.2. The van der Waals surface area contributed by atoms with E-state index in [1.54, 1.807) is 0 Å². The molecule has 0 saturated carbocycles. The number of hydrogen-bond donors (Lipinski definition) is 0. The van der Waals surface area contributed by atoms with E-state index in [2.05, 4.69) is 196 Å². The van der Waals surface area contributed by atoms with Gasteiger partial charge in [0.25, 0.3) is 0 Å². The van der Waals surface area contributed by atoms with E-state index in [9.17, 15) is 0 Å². The maximum absolute atomic E-state index is 6.58. The Hall–Kier alpha value is -7.22. The third kappa shape index (κ3) is 4.17. The van der Waals surface area contributed by atoms with Crippen molar-refractivity contribution < 1.29 is 4.42 Å². The van der Waals surface area contributed by atoms with E-state index in [1.165, 1.54) is 38.1 Å². The number of nitrogens with zero attached hydrogens (tertiary/aromatic N) is 3. The lowest BCUT2D eigenvalue weighted by molar-refractivity contribution is 0.669. The molecule has 0 aliphatic carbocycles. The minimum atomic E-state index is 0.700. The third-order valence-corrected chi connectivity index (χ3v) is 10.4. The van der Waals surface area contributed by atoms with Crippen molar-refractivity contribution in [2.24, 2.45) is 0 Å². The van der Waals surface area contributed by atoms with Crippen molar-refractivity contribution in [3.8, 4) is 11.4 Å². The van der Waals surface area contributed by atoms with Crippen LogP contribution < -0.4 is 4.90 Å². The second kappa shape index (κ2) is 11.1. The predicted octanol–water partition coefficient (Wildman–Crippen LogP) is 12.9. The number of para-hydroxylation sites is 5. The molecule has 3 aromatic heterocycles. The Kier molecular flexibility index (Phi) is 6.13. The average molecular weight is 664 g/mol. The molecule has 3 heterocycles. The average Bonchev–Trinajstić information content (AvgIpc) is 3.87. The highest BCUT2D eigenvalue weighted by Crippen LogP contribution is 2.44. The van der Waals surface area contributed by atoms with Gasteiger partial charge in [-0.1, -0.05) is 97.1 Å². The Labute approximate surface area is 299 Å². The molecule has 0 saturated heterocycles. The van der Waals surface area contributed by atoms with E-state index in [4.69, 9.17) is 4.42 Å². The van der Waals surface area contributed by atoms with Gasteiger partial charge in [0.2, 0.25) is 0 Å². The van der Waals surface area contributed by atoms with Crippen LogP contribution in [0.1, 0.15) is 0 Å². The number of benzene rings is 7. The molecule has 4 nitrogen and oxygen atoms in total. The Morgan fingerprint density at radius 2 is 0.981 bits per heavy atom. The molecule has 242 valence electrons. The molecule has 0 N–H and O–H groups in total. The van der Waals surface area contributed by atoms with Crippen LogP contribution in [0.2, 0.25) is 0 Å². The molecule has 0 spiro atoms. The number of hydrogen-bond acceptors (Lipinski definition) is 2. The zero-order valence-electron chi connectivity index (χ0n) is 28.0. The van der Waals surface area contributed by atoms with E-state index in [-0.39, 0.29) is 0 Å². The Morgan fingerprint density at radius 3 is 1.67 bits per heavy atom. The summed E-state index contributed by atoms with van der Waals surface area (Å²) in [6.07, 6.45) is 0. The minimum Gasteiger partial charge on any atom is -0.445 e. The molecule has 0 radical (unpaired) electrons. The van der Waals surface area contributed by atoms with Gasteiger partial charge in [-0.2, -0.15) is 0 Å². The van der Waals surface area contributed by atoms with E-state index in [1.807, 2.05) is 6.07 Å². The van der Waals surface area contributed by atoms with Crippen molar-refractivity contribution >= 4 is 82.6 Å². The fourth-order valence-corrected chi connectivity index (χ4v) is 8.12. The highest BCUT2D eigenvalue weighted by Gasteiger charge is 2.22. The standard InChI is InChI=1S/C48H29N3O/c1-2-13-32(14-3-1)51-44-22-10-6-17-38(44)39-30-29-35(31-46(39)51)49(45-23-12-19-41-40-18-7-11-24-47(40)52-48(41)45)33-25-27-34(28-26-33)50-42-20-8-4-15-36(42)37-16-5-9-21-43(37)50/h1-10,12-23,25-31H. The number of fused-ring (bicyclic) bond motifs is 9. The molecular weight excluding hydrogens is 635 g/mol. The zero-order valence-corrected chi connectivity index (χ0v) is 28.0. The van der Waals surface area contributed by atoms with Gasteiger partial charge in [0, 0.05) is 55.1 Å². The van der Waals surface area contributed by atoms with Gasteiger partial charge in [0.15, 0.2) is 11.2 Å². The molecule has 0 atom stereocenters. The summed E-state index contributed by atoms with van der Waals surface area (Å²) in [5.41, 5.74) is 11.4. The summed E-state index contributed by atoms with van der Waals surface area (Å²) in [6.45, 7) is 0. The first-order valence-electron chi connectivity index (χ1n) is 17.5. The minimum absolute atomic E-state index is 0.700. The summed E-state index contributed by atoms with van der Waals surface area (Å²) in [6, 6.07) is 68.8. The fraction of sp³-hybridized carbons (Fsp3) is 0. The monoisotopic (exact) mass is 663 g/mol. The summed E-state index contributed by atoms with van der Waals surface area (Å²) in [7, 11) is 0. The highest BCUT2D eigenvalue weighted by atomic mass is 16.3. The maximum Gasteiger partial charge on any atom is 0.185 e. The molecule has 11 rings (SSSR count). The van der Waals surface area contributed by atoms with Gasteiger partial charge in [-0.25, -0.2) is 0 Å². The highest BCUT2D eigenvalue weighted by molar-refractivity contribution is 6.13. The molecular formula is C48H29N3O. The third-order valence-electron chi connectivity index (χ3n) is 10.4. The molecule has 8 aromatic carbocycles. The summed E-state index contributed by atoms with van der Waals surface area (Å²) >= 11 is 0. The van der Waals surface area contributed by atoms with Gasteiger partial charge in [-0.15, -0.1) is 0 Å². The first-order valence-corrected chi connectivity index (χ1v) is 17.5. The molecule has 52 heavy (non-hydrogen) atoms. The summed E-state index contributed by atoms with van der Waals surface area (Å²) in [5.74, 6) is 0. The quantitative estimate of drug-likeness (QED) is 0.183. The molecule has 0 aliphatic rings. The lowest BCUT2D eigenvalue weighted by atomic mass is 10.1. The number of rotatable bonds is 5. The Balaban J connectivity index is 1.16. The molecule has 0 bridgehead atoms. The van der Waals surface area contributed by atoms with Crippen LogP contribution in [0, 0.1) is 12.1 Å². The van der Waals surface area contributed by atoms with Gasteiger partial charge >= 0.3 is 0 Å². The molecule has 0 fully saturated rings. The van der Waals surface area contributed by atoms with Crippen molar-refractivity contribution in [3.05, 3.63) is 188 Å². The van der Waals surface area contributed by atoms with Crippen LogP contribution in [-0.2, 0) is 0 Å². The number of anilines is 3. The van der Waals surface area contributed by atoms with Gasteiger partial charge in [-0.05, 0) is 91.0 Å². The molecule has 4 heteroatoms. The molecule has 0 amide bonds. The van der Waals surface area contributed by atoms with E-state index in [0.29, 0.717) is 5.58 Å². The van der Waals surface area contributed by atoms with Crippen LogP contribution in [0.15, 0.2) is 180 Å². The van der Waals surface area contributed by atoms with Crippen molar-refractivity contribution in [3.63, 3.8) is 0 Å². The van der Waals surface area contributed by atoms with Crippen LogP contribution in [0.4, 0.5) is 17.1 Å². The SMILES string of the molecule is c1ccc2c(c#1)oc1c(N(c3ccc(-n4c5ccccc5c5ccccc54)cc3)c3ccc4c5ccccc5n(-c5ccccc5)c4c3)cccc12. The number of furan rings is 1. The lowest BCUT2D eigenvalue weighted by Gasteiger charge is -2.26. The summed E-state index contributed by atoms with van der Waals surface area (Å²) < 4.78 is 11.3. The topological polar surface area (TPSA) is 26.2 Å². The van der Waals surface area contributed by atoms with Crippen LogP contribution >= 0.6 is 0 Å². The van der Waals surface area contributed by atoms with Gasteiger partial charge in [0.1, 0.15) is 0 Å². The smallest absolute Gasteiger partial charge is 0.185 e. The van der Waals surface area contributed by atoms with Crippen molar-refractivity contribution in [1.29, 1.82) is 0 Å². The van der Waals surface area contributed by atoms with Crippen molar-refractivity contribution in [2.75, 3.05) is 4.90 Å². The van der Waals surface area contributed by atoms with Crippen LogP contribution in [-0.4, -0.2) is 9.13 Å². The van der Waals surface area contributed by atoms with E-state index < -0.39 is 0 Å². The second-order valence-electron chi connectivity index (χ2n) is 13.2. The van der Waals surface area contributed by atoms with Crippen molar-refractivity contribution in [1.82, 2.24) is 9.13 Å². The number of aromatic nitrogens is 2. The van der Waals surface area contributed by atoms with Crippen LogP contribution in [0.25, 0.3) is 76.9 Å². The van der Waals surface area contributed by atoms with E-state index >= 15 is 0 Å². The van der Waals surface area contributed by atoms with Crippen LogP contribution in [0.3, 0.4) is 0 Å². The first kappa shape index (κ1) is 28.6.